The third-order valence-corrected chi connectivity index (χ3v) is 5.03. The fourth-order valence-electron chi connectivity index (χ4n) is 3.42. The molecule has 136 valence electrons. The topological polar surface area (TPSA) is 85.4 Å². The van der Waals surface area contributed by atoms with E-state index in [1.807, 2.05) is 60.8 Å². The smallest absolute Gasteiger partial charge is 0.324 e. The van der Waals surface area contributed by atoms with Crippen LogP contribution in [0.15, 0.2) is 67.0 Å². The maximum atomic E-state index is 11.4. The van der Waals surface area contributed by atoms with Gasteiger partial charge >= 0.3 is 5.97 Å². The van der Waals surface area contributed by atoms with Crippen molar-refractivity contribution in [3.05, 3.63) is 78.1 Å². The van der Waals surface area contributed by atoms with Crippen molar-refractivity contribution in [3.8, 4) is 22.6 Å². The molecule has 0 saturated carbocycles. The van der Waals surface area contributed by atoms with Crippen LogP contribution in [-0.2, 0) is 17.6 Å². The molecule has 1 aliphatic carbocycles. The minimum Gasteiger partial charge on any atom is -0.480 e. The van der Waals surface area contributed by atoms with E-state index in [0.717, 1.165) is 33.8 Å². The number of hydrogen-bond acceptors (Lipinski definition) is 4. The van der Waals surface area contributed by atoms with Crippen molar-refractivity contribution < 1.29 is 14.6 Å². The van der Waals surface area contributed by atoms with Crippen LogP contribution in [0.2, 0.25) is 0 Å². The number of ether oxygens (including phenoxy) is 1. The molecule has 4 rings (SSSR count). The molecule has 5 heteroatoms. The third-order valence-electron chi connectivity index (χ3n) is 5.03. The molecule has 0 saturated heterocycles. The van der Waals surface area contributed by atoms with E-state index in [1.165, 1.54) is 0 Å². The summed E-state index contributed by atoms with van der Waals surface area (Å²) in [6.07, 6.45) is 4.99. The monoisotopic (exact) mass is 360 g/mol. The van der Waals surface area contributed by atoms with Gasteiger partial charge in [0.25, 0.3) is 0 Å². The fraction of sp³-hybridized carbons (Fsp3) is 0.182. The summed E-state index contributed by atoms with van der Waals surface area (Å²) in [6.45, 7) is 0. The highest BCUT2D eigenvalue weighted by Crippen LogP contribution is 2.32. The molecule has 3 N–H and O–H groups in total. The van der Waals surface area contributed by atoms with Gasteiger partial charge < -0.3 is 15.6 Å². The van der Waals surface area contributed by atoms with Crippen LogP contribution >= 0.6 is 0 Å². The number of benzene rings is 2. The maximum Gasteiger partial charge on any atom is 0.324 e. The van der Waals surface area contributed by atoms with Gasteiger partial charge in [-0.2, -0.15) is 0 Å². The van der Waals surface area contributed by atoms with E-state index in [1.54, 1.807) is 6.20 Å². The number of nitrogens with two attached hydrogens (primary N) is 1. The first-order valence-electron chi connectivity index (χ1n) is 8.86. The second-order valence-corrected chi connectivity index (χ2v) is 6.94. The number of pyridine rings is 1. The van der Waals surface area contributed by atoms with Gasteiger partial charge in [0.05, 0.1) is 0 Å². The van der Waals surface area contributed by atoms with Crippen molar-refractivity contribution in [1.29, 1.82) is 0 Å². The Kier molecular flexibility index (Phi) is 4.38. The van der Waals surface area contributed by atoms with Gasteiger partial charge in [0.2, 0.25) is 0 Å². The Morgan fingerprint density at radius 2 is 1.81 bits per heavy atom. The van der Waals surface area contributed by atoms with Crippen LogP contribution in [0.1, 0.15) is 17.5 Å². The number of fused-ring (bicyclic) bond motifs is 1. The first-order valence-corrected chi connectivity index (χ1v) is 8.86. The molecule has 0 amide bonds. The second kappa shape index (κ2) is 6.85. The third kappa shape index (κ3) is 3.55. The number of aryl methyl sites for hydroxylation is 1. The van der Waals surface area contributed by atoms with Crippen LogP contribution in [0, 0.1) is 0 Å². The molecule has 0 aliphatic heterocycles. The van der Waals surface area contributed by atoms with Crippen LogP contribution in [0.3, 0.4) is 0 Å². The lowest BCUT2D eigenvalue weighted by Crippen LogP contribution is -2.52. The summed E-state index contributed by atoms with van der Waals surface area (Å²) >= 11 is 0. The van der Waals surface area contributed by atoms with E-state index >= 15 is 0 Å². The summed E-state index contributed by atoms with van der Waals surface area (Å²) < 4.78 is 5.97. The van der Waals surface area contributed by atoms with Gasteiger partial charge in [-0.05, 0) is 65.4 Å². The van der Waals surface area contributed by atoms with Crippen molar-refractivity contribution in [2.45, 2.75) is 24.8 Å². The van der Waals surface area contributed by atoms with Crippen molar-refractivity contribution in [1.82, 2.24) is 4.98 Å². The molecule has 0 fully saturated rings. The van der Waals surface area contributed by atoms with Crippen LogP contribution in [0.25, 0.3) is 11.1 Å². The molecule has 1 atom stereocenters. The molecule has 1 unspecified atom stereocenters. The summed E-state index contributed by atoms with van der Waals surface area (Å²) in [4.78, 5) is 15.5. The Morgan fingerprint density at radius 1 is 1.04 bits per heavy atom. The van der Waals surface area contributed by atoms with E-state index in [4.69, 9.17) is 10.5 Å². The molecular weight excluding hydrogens is 340 g/mol. The van der Waals surface area contributed by atoms with Crippen molar-refractivity contribution in [2.24, 2.45) is 5.73 Å². The molecule has 5 nitrogen and oxygen atoms in total. The summed E-state index contributed by atoms with van der Waals surface area (Å²) in [5, 5.41) is 9.32. The van der Waals surface area contributed by atoms with Gasteiger partial charge in [0.1, 0.15) is 17.0 Å². The van der Waals surface area contributed by atoms with E-state index in [-0.39, 0.29) is 0 Å². The quantitative estimate of drug-likeness (QED) is 0.739. The number of carboxylic acid groups (broad SMARTS) is 1. The van der Waals surface area contributed by atoms with Crippen molar-refractivity contribution in [2.75, 3.05) is 0 Å². The Balaban J connectivity index is 1.50. The zero-order valence-electron chi connectivity index (χ0n) is 14.8. The summed E-state index contributed by atoms with van der Waals surface area (Å²) in [5.41, 5.74) is 9.05. The zero-order valence-corrected chi connectivity index (χ0v) is 14.8. The van der Waals surface area contributed by atoms with Crippen LogP contribution in [0.4, 0.5) is 0 Å². The molecule has 1 heterocycles. The van der Waals surface area contributed by atoms with Gasteiger partial charge in [0.15, 0.2) is 0 Å². The van der Waals surface area contributed by atoms with Crippen LogP contribution < -0.4 is 10.5 Å². The summed E-state index contributed by atoms with van der Waals surface area (Å²) in [6, 6.07) is 17.5. The largest absolute Gasteiger partial charge is 0.480 e. The number of carbonyl (C=O) groups is 1. The molecule has 0 bridgehead atoms. The molecule has 2 aromatic carbocycles. The first-order chi connectivity index (χ1) is 13.0. The lowest BCUT2D eigenvalue weighted by atomic mass is 9.78. The molecule has 3 aromatic rings. The SMILES string of the molecule is NC1(C(=O)O)CCc2cc(Oc3ccc(-c4cccnc4)cc3)ccc2C1. The van der Waals surface area contributed by atoms with E-state index in [0.29, 0.717) is 19.3 Å². The predicted molar refractivity (Wildman–Crippen MR) is 103 cm³/mol. The number of nitrogens with zero attached hydrogens (tertiary/aromatic N) is 1. The number of hydrogen-bond donors (Lipinski definition) is 2. The molecule has 27 heavy (non-hydrogen) atoms. The normalized spacial score (nSPS) is 18.6. The van der Waals surface area contributed by atoms with Crippen molar-refractivity contribution >= 4 is 5.97 Å². The number of aromatic nitrogens is 1. The highest BCUT2D eigenvalue weighted by molar-refractivity contribution is 5.79. The average Bonchev–Trinajstić information content (AvgIpc) is 2.69. The Labute approximate surface area is 157 Å². The van der Waals surface area contributed by atoms with Gasteiger partial charge in [-0.1, -0.05) is 24.3 Å². The number of carboxylic acids is 1. The summed E-state index contributed by atoms with van der Waals surface area (Å²) in [7, 11) is 0. The Bertz CT molecular complexity index is 971. The van der Waals surface area contributed by atoms with E-state index < -0.39 is 11.5 Å². The van der Waals surface area contributed by atoms with Crippen molar-refractivity contribution in [3.63, 3.8) is 0 Å². The molecule has 1 aliphatic rings. The molecule has 0 radical (unpaired) electrons. The maximum absolute atomic E-state index is 11.4. The second-order valence-electron chi connectivity index (χ2n) is 6.94. The fourth-order valence-corrected chi connectivity index (χ4v) is 3.42. The lowest BCUT2D eigenvalue weighted by Gasteiger charge is -2.30. The minimum absolute atomic E-state index is 0.345. The van der Waals surface area contributed by atoms with Gasteiger partial charge in [-0.15, -0.1) is 0 Å². The molecular formula is C22H20N2O3. The van der Waals surface area contributed by atoms with Gasteiger partial charge in [-0.3, -0.25) is 9.78 Å². The molecule has 0 spiro atoms. The number of rotatable bonds is 4. The Morgan fingerprint density at radius 3 is 2.52 bits per heavy atom. The summed E-state index contributed by atoms with van der Waals surface area (Å²) in [5.74, 6) is 0.544. The minimum atomic E-state index is -1.17. The predicted octanol–water partition coefficient (Wildman–Crippen LogP) is 3.81. The van der Waals surface area contributed by atoms with E-state index in [9.17, 15) is 9.90 Å². The number of aliphatic carboxylic acids is 1. The standard InChI is InChI=1S/C22H20N2O3/c23-22(21(25)26)10-9-16-12-20(8-5-17(16)13-22)27-19-6-3-15(4-7-19)18-2-1-11-24-14-18/h1-8,11-12,14H,9-10,13,23H2,(H,25,26). The van der Waals surface area contributed by atoms with Gasteiger partial charge in [-0.25, -0.2) is 0 Å². The highest BCUT2D eigenvalue weighted by atomic mass is 16.5. The van der Waals surface area contributed by atoms with Crippen LogP contribution in [-0.4, -0.2) is 21.6 Å². The lowest BCUT2D eigenvalue weighted by molar-refractivity contribution is -0.143. The average molecular weight is 360 g/mol. The highest BCUT2D eigenvalue weighted by Gasteiger charge is 2.37. The molecule has 1 aromatic heterocycles. The zero-order chi connectivity index (χ0) is 18.9. The van der Waals surface area contributed by atoms with E-state index in [2.05, 4.69) is 4.98 Å². The Hall–Kier alpha value is -3.18. The first kappa shape index (κ1) is 17.2. The van der Waals surface area contributed by atoms with Crippen LogP contribution in [0.5, 0.6) is 11.5 Å². The van der Waals surface area contributed by atoms with Gasteiger partial charge in [0, 0.05) is 18.8 Å².